The van der Waals surface area contributed by atoms with Gasteiger partial charge in [-0.05, 0) is 49.4 Å². The van der Waals surface area contributed by atoms with E-state index in [-0.39, 0.29) is 24.9 Å². The largest absolute Gasteiger partial charge is 0.368 e. The molecule has 1 atom stereocenters. The Kier molecular flexibility index (Phi) is 6.52. The number of hydrogen-bond acceptors (Lipinski definition) is 4. The normalized spacial score (nSPS) is 15.9. The zero-order valence-electron chi connectivity index (χ0n) is 17.6. The highest BCUT2D eigenvalue weighted by atomic mass is 16.2. The molecule has 2 aromatic carbocycles. The summed E-state index contributed by atoms with van der Waals surface area (Å²) in [6, 6.07) is 11.3. The summed E-state index contributed by atoms with van der Waals surface area (Å²) in [5.74, 6) is -1.08. The monoisotopic (exact) mass is 408 g/mol. The number of carbonyl (C=O) groups is 3. The topological polar surface area (TPSA) is 105 Å². The molecule has 0 fully saturated rings. The van der Waals surface area contributed by atoms with E-state index in [4.69, 9.17) is 5.73 Å². The number of rotatable bonds is 6. The summed E-state index contributed by atoms with van der Waals surface area (Å²) in [6.07, 6.45) is 0.477. The molecule has 158 valence electrons. The smallest absolute Gasteiger partial charge is 0.243 e. The number of hydrogen-bond donors (Lipinski definition) is 3. The Morgan fingerprint density at radius 1 is 1.03 bits per heavy atom. The van der Waals surface area contributed by atoms with Crippen LogP contribution in [0.4, 0.5) is 5.69 Å². The first-order valence-corrected chi connectivity index (χ1v) is 9.99. The lowest BCUT2D eigenvalue weighted by Crippen LogP contribution is -2.52. The molecule has 1 aliphatic heterocycles. The van der Waals surface area contributed by atoms with E-state index in [1.54, 1.807) is 4.90 Å². The Balaban J connectivity index is 1.57. The summed E-state index contributed by atoms with van der Waals surface area (Å²) in [7, 11) is 0. The number of fused-ring (bicyclic) bond motifs is 1. The third kappa shape index (κ3) is 5.04. The molecule has 1 unspecified atom stereocenters. The fourth-order valence-corrected chi connectivity index (χ4v) is 4.00. The Hall–Kier alpha value is -3.19. The van der Waals surface area contributed by atoms with E-state index in [0.29, 0.717) is 13.0 Å². The lowest BCUT2D eigenvalue weighted by atomic mass is 9.93. The van der Waals surface area contributed by atoms with Gasteiger partial charge in [0.05, 0.1) is 19.1 Å². The number of aryl methyl sites for hydroxylation is 3. The second-order valence-electron chi connectivity index (χ2n) is 7.89. The molecule has 3 rings (SSSR count). The lowest BCUT2D eigenvalue weighted by molar-refractivity contribution is -0.129. The maximum Gasteiger partial charge on any atom is 0.243 e. The number of nitrogens with zero attached hydrogens (tertiary/aromatic N) is 1. The van der Waals surface area contributed by atoms with Crippen LogP contribution < -0.4 is 16.4 Å². The maximum absolute atomic E-state index is 12.4. The predicted octanol–water partition coefficient (Wildman–Crippen LogP) is 1.58. The summed E-state index contributed by atoms with van der Waals surface area (Å²) in [6.45, 7) is 6.20. The molecule has 0 saturated heterocycles. The molecule has 7 heteroatoms. The highest BCUT2D eigenvalue weighted by Gasteiger charge is 2.31. The van der Waals surface area contributed by atoms with E-state index < -0.39 is 11.9 Å². The van der Waals surface area contributed by atoms with Gasteiger partial charge in [0.15, 0.2) is 0 Å². The number of benzene rings is 2. The number of primary amides is 1. The second-order valence-corrected chi connectivity index (χ2v) is 7.89. The number of amides is 3. The van der Waals surface area contributed by atoms with Crippen molar-refractivity contribution in [3.63, 3.8) is 0 Å². The Labute approximate surface area is 176 Å². The van der Waals surface area contributed by atoms with Crippen LogP contribution in [0.1, 0.15) is 27.8 Å². The fourth-order valence-electron chi connectivity index (χ4n) is 4.00. The maximum atomic E-state index is 12.4. The molecule has 2 aromatic rings. The van der Waals surface area contributed by atoms with Crippen molar-refractivity contribution >= 4 is 23.4 Å². The predicted molar refractivity (Wildman–Crippen MR) is 116 cm³/mol. The van der Waals surface area contributed by atoms with Gasteiger partial charge in [0.1, 0.15) is 0 Å². The first-order valence-electron chi connectivity index (χ1n) is 9.99. The molecule has 30 heavy (non-hydrogen) atoms. The van der Waals surface area contributed by atoms with Crippen molar-refractivity contribution in [2.24, 2.45) is 5.73 Å². The van der Waals surface area contributed by atoms with Crippen molar-refractivity contribution < 1.29 is 14.4 Å². The summed E-state index contributed by atoms with van der Waals surface area (Å²) in [5.41, 5.74) is 11.6. The molecule has 0 spiro atoms. The van der Waals surface area contributed by atoms with Crippen LogP contribution in [-0.4, -0.2) is 41.8 Å². The molecule has 4 N–H and O–H groups in total. The van der Waals surface area contributed by atoms with Crippen LogP contribution in [0.3, 0.4) is 0 Å². The van der Waals surface area contributed by atoms with Gasteiger partial charge in [-0.15, -0.1) is 0 Å². The summed E-state index contributed by atoms with van der Waals surface area (Å²) in [4.78, 5) is 38.4. The fraction of sp³-hybridized carbons (Fsp3) is 0.348. The SMILES string of the molecule is Cc1cc(C)c(NC(=O)CNC(=O)CN2Cc3ccccc3CC2C(N)=O)c(C)c1. The van der Waals surface area contributed by atoms with Crippen molar-refractivity contribution in [3.05, 3.63) is 64.2 Å². The third-order valence-electron chi connectivity index (χ3n) is 5.41. The van der Waals surface area contributed by atoms with Gasteiger partial charge in [-0.25, -0.2) is 0 Å². The quantitative estimate of drug-likeness (QED) is 0.675. The van der Waals surface area contributed by atoms with E-state index in [9.17, 15) is 14.4 Å². The molecule has 0 saturated carbocycles. The Morgan fingerprint density at radius 2 is 1.67 bits per heavy atom. The first kappa shape index (κ1) is 21.5. The van der Waals surface area contributed by atoms with Gasteiger partial charge >= 0.3 is 0 Å². The molecule has 0 aromatic heterocycles. The van der Waals surface area contributed by atoms with Crippen molar-refractivity contribution in [2.45, 2.75) is 39.8 Å². The van der Waals surface area contributed by atoms with E-state index in [2.05, 4.69) is 10.6 Å². The number of nitrogens with one attached hydrogen (secondary N) is 2. The summed E-state index contributed by atoms with van der Waals surface area (Å²) >= 11 is 0. The number of anilines is 1. The molecule has 0 aliphatic carbocycles. The summed E-state index contributed by atoms with van der Waals surface area (Å²) < 4.78 is 0. The van der Waals surface area contributed by atoms with Crippen LogP contribution in [0.15, 0.2) is 36.4 Å². The van der Waals surface area contributed by atoms with Crippen molar-refractivity contribution in [2.75, 3.05) is 18.4 Å². The number of carbonyl (C=O) groups excluding carboxylic acids is 3. The minimum Gasteiger partial charge on any atom is -0.368 e. The Morgan fingerprint density at radius 3 is 2.30 bits per heavy atom. The first-order chi connectivity index (χ1) is 14.2. The standard InChI is InChI=1S/C23H28N4O3/c1-14-8-15(2)22(16(3)9-14)26-20(28)11-25-21(29)13-27-12-18-7-5-4-6-17(18)10-19(27)23(24)30/h4-9,19H,10-13H2,1-3H3,(H2,24,30)(H,25,29)(H,26,28). The molecular formula is C23H28N4O3. The highest BCUT2D eigenvalue weighted by molar-refractivity contribution is 5.96. The second kappa shape index (κ2) is 9.09. The van der Waals surface area contributed by atoms with Gasteiger partial charge < -0.3 is 16.4 Å². The lowest BCUT2D eigenvalue weighted by Gasteiger charge is -2.34. The third-order valence-corrected chi connectivity index (χ3v) is 5.41. The van der Waals surface area contributed by atoms with Crippen LogP contribution in [0, 0.1) is 20.8 Å². The van der Waals surface area contributed by atoms with Crippen molar-refractivity contribution in [1.82, 2.24) is 10.2 Å². The average Bonchev–Trinajstić information content (AvgIpc) is 2.68. The molecule has 0 bridgehead atoms. The van der Waals surface area contributed by atoms with E-state index in [1.807, 2.05) is 57.2 Å². The number of nitrogens with two attached hydrogens (primary N) is 1. The van der Waals surface area contributed by atoms with E-state index in [0.717, 1.165) is 33.5 Å². The van der Waals surface area contributed by atoms with Gasteiger partial charge in [0.25, 0.3) is 0 Å². The molecule has 0 radical (unpaired) electrons. The van der Waals surface area contributed by atoms with Crippen LogP contribution in [-0.2, 0) is 27.3 Å². The zero-order chi connectivity index (χ0) is 21.8. The van der Waals surface area contributed by atoms with E-state index >= 15 is 0 Å². The minimum atomic E-state index is -0.544. The minimum absolute atomic E-state index is 0.00217. The summed E-state index contributed by atoms with van der Waals surface area (Å²) in [5, 5.41) is 5.50. The van der Waals surface area contributed by atoms with Crippen LogP contribution in [0.2, 0.25) is 0 Å². The van der Waals surface area contributed by atoms with Crippen LogP contribution >= 0.6 is 0 Å². The van der Waals surface area contributed by atoms with Gasteiger partial charge in [0, 0.05) is 12.2 Å². The highest BCUT2D eigenvalue weighted by Crippen LogP contribution is 2.23. The van der Waals surface area contributed by atoms with Gasteiger partial charge in [-0.2, -0.15) is 0 Å². The molecule has 1 heterocycles. The molecule has 3 amide bonds. The molecular weight excluding hydrogens is 380 g/mol. The zero-order valence-corrected chi connectivity index (χ0v) is 17.6. The van der Waals surface area contributed by atoms with Crippen molar-refractivity contribution in [1.29, 1.82) is 0 Å². The molecule has 1 aliphatic rings. The Bertz CT molecular complexity index is 963. The van der Waals surface area contributed by atoms with Crippen LogP contribution in [0.5, 0.6) is 0 Å². The van der Waals surface area contributed by atoms with Crippen molar-refractivity contribution in [3.8, 4) is 0 Å². The molecule has 7 nitrogen and oxygen atoms in total. The van der Waals surface area contributed by atoms with Crippen LogP contribution in [0.25, 0.3) is 0 Å². The van der Waals surface area contributed by atoms with Gasteiger partial charge in [-0.3, -0.25) is 19.3 Å². The van der Waals surface area contributed by atoms with Gasteiger partial charge in [-0.1, -0.05) is 42.0 Å². The average molecular weight is 409 g/mol. The van der Waals surface area contributed by atoms with Gasteiger partial charge in [0.2, 0.25) is 17.7 Å². The van der Waals surface area contributed by atoms with E-state index in [1.165, 1.54) is 0 Å².